The molecule has 1 aliphatic heterocycles. The van der Waals surface area contributed by atoms with Crippen LogP contribution in [0.4, 0.5) is 5.69 Å². The van der Waals surface area contributed by atoms with E-state index in [1.807, 2.05) is 0 Å². The van der Waals surface area contributed by atoms with Crippen molar-refractivity contribution in [3.8, 4) is 0 Å². The summed E-state index contributed by atoms with van der Waals surface area (Å²) in [5.41, 5.74) is 3.58. The normalized spacial score (nSPS) is 21.1. The number of para-hydroxylation sites is 1. The zero-order valence-electron chi connectivity index (χ0n) is 13.5. The van der Waals surface area contributed by atoms with E-state index in [-0.39, 0.29) is 0 Å². The largest absolute Gasteiger partial charge is 0.371 e. The third kappa shape index (κ3) is 3.42. The molecule has 1 N–H and O–H groups in total. The van der Waals surface area contributed by atoms with Crippen LogP contribution in [0.15, 0.2) is 24.3 Å². The van der Waals surface area contributed by atoms with Gasteiger partial charge in [-0.2, -0.15) is 0 Å². The fourth-order valence-corrected chi connectivity index (χ4v) is 4.24. The van der Waals surface area contributed by atoms with Crippen molar-refractivity contribution in [3.63, 3.8) is 0 Å². The fraction of sp³-hybridized carbons (Fsp3) is 0.684. The molecule has 0 unspecified atom stereocenters. The maximum atomic E-state index is 3.63. The highest BCUT2D eigenvalue weighted by Gasteiger charge is 2.35. The van der Waals surface area contributed by atoms with Gasteiger partial charge in [0.25, 0.3) is 0 Å². The summed E-state index contributed by atoms with van der Waals surface area (Å²) in [6, 6.07) is 9.09. The van der Waals surface area contributed by atoms with E-state index in [4.69, 9.17) is 0 Å². The molecule has 1 fully saturated rings. The van der Waals surface area contributed by atoms with E-state index in [9.17, 15) is 0 Å². The topological polar surface area (TPSA) is 15.3 Å². The highest BCUT2D eigenvalue weighted by atomic mass is 15.1. The highest BCUT2D eigenvalue weighted by Crippen LogP contribution is 2.40. The van der Waals surface area contributed by atoms with E-state index in [2.05, 4.69) is 41.4 Å². The molecule has 2 nitrogen and oxygen atoms in total. The molecule has 0 bridgehead atoms. The molecule has 0 radical (unpaired) electrons. The smallest absolute Gasteiger partial charge is 0.0398 e. The van der Waals surface area contributed by atoms with E-state index in [1.54, 1.807) is 5.56 Å². The SMILES string of the molecule is CCNCC1(CN2CCCCc3ccccc32)CCCC1. The van der Waals surface area contributed by atoms with Gasteiger partial charge in [0.05, 0.1) is 0 Å². The minimum Gasteiger partial charge on any atom is -0.371 e. The second kappa shape index (κ2) is 6.83. The van der Waals surface area contributed by atoms with Crippen LogP contribution in [0, 0.1) is 5.41 Å². The Morgan fingerprint density at radius 1 is 1.10 bits per heavy atom. The number of hydrogen-bond donors (Lipinski definition) is 1. The van der Waals surface area contributed by atoms with E-state index < -0.39 is 0 Å². The van der Waals surface area contributed by atoms with Gasteiger partial charge in [0, 0.05) is 30.7 Å². The maximum Gasteiger partial charge on any atom is 0.0398 e. The van der Waals surface area contributed by atoms with Gasteiger partial charge >= 0.3 is 0 Å². The zero-order chi connectivity index (χ0) is 14.5. The molecule has 1 heterocycles. The van der Waals surface area contributed by atoms with E-state index in [0.717, 1.165) is 6.54 Å². The molecule has 0 spiro atoms. The summed E-state index contributed by atoms with van der Waals surface area (Å²) in [4.78, 5) is 2.70. The van der Waals surface area contributed by atoms with Crippen molar-refractivity contribution in [3.05, 3.63) is 29.8 Å². The third-order valence-corrected chi connectivity index (χ3v) is 5.40. The van der Waals surface area contributed by atoms with Gasteiger partial charge < -0.3 is 10.2 Å². The van der Waals surface area contributed by atoms with Gasteiger partial charge in [0.2, 0.25) is 0 Å². The molecule has 116 valence electrons. The lowest BCUT2D eigenvalue weighted by molar-refractivity contribution is 0.285. The average Bonchev–Trinajstić information content (AvgIpc) is 2.88. The van der Waals surface area contributed by atoms with Gasteiger partial charge in [-0.25, -0.2) is 0 Å². The molecular weight excluding hydrogens is 256 g/mol. The minimum absolute atomic E-state index is 0.507. The Bertz CT molecular complexity index is 449. The molecule has 3 rings (SSSR count). The Morgan fingerprint density at radius 2 is 1.90 bits per heavy atom. The van der Waals surface area contributed by atoms with Gasteiger partial charge in [-0.15, -0.1) is 0 Å². The minimum atomic E-state index is 0.507. The first-order valence-corrected chi connectivity index (χ1v) is 8.87. The van der Waals surface area contributed by atoms with Crippen molar-refractivity contribution in [2.75, 3.05) is 31.1 Å². The number of anilines is 1. The molecule has 1 saturated carbocycles. The summed E-state index contributed by atoms with van der Waals surface area (Å²) in [6.07, 6.45) is 9.58. The molecule has 1 aromatic rings. The molecule has 0 saturated heterocycles. The molecule has 1 aromatic carbocycles. The van der Waals surface area contributed by atoms with Crippen LogP contribution in [-0.4, -0.2) is 26.2 Å². The lowest BCUT2D eigenvalue weighted by Gasteiger charge is -2.37. The van der Waals surface area contributed by atoms with Gasteiger partial charge in [-0.05, 0) is 50.3 Å². The number of nitrogens with one attached hydrogen (secondary N) is 1. The Kier molecular flexibility index (Phi) is 4.84. The zero-order valence-corrected chi connectivity index (χ0v) is 13.5. The monoisotopic (exact) mass is 286 g/mol. The average molecular weight is 286 g/mol. The van der Waals surface area contributed by atoms with Crippen molar-refractivity contribution in [1.82, 2.24) is 5.32 Å². The van der Waals surface area contributed by atoms with Crippen LogP contribution in [0.3, 0.4) is 0 Å². The molecule has 2 heteroatoms. The first kappa shape index (κ1) is 14.9. The van der Waals surface area contributed by atoms with Crippen molar-refractivity contribution < 1.29 is 0 Å². The molecule has 0 aromatic heterocycles. The molecular formula is C19H30N2. The van der Waals surface area contributed by atoms with E-state index in [1.165, 1.54) is 70.3 Å². The number of fused-ring (bicyclic) bond motifs is 1. The molecule has 0 atom stereocenters. The summed E-state index contributed by atoms with van der Waals surface area (Å²) < 4.78 is 0. The summed E-state index contributed by atoms with van der Waals surface area (Å²) in [7, 11) is 0. The van der Waals surface area contributed by atoms with Crippen molar-refractivity contribution in [1.29, 1.82) is 0 Å². The Morgan fingerprint density at radius 3 is 2.71 bits per heavy atom. The number of nitrogens with zero attached hydrogens (tertiary/aromatic N) is 1. The molecule has 21 heavy (non-hydrogen) atoms. The van der Waals surface area contributed by atoms with Gasteiger partial charge in [0.15, 0.2) is 0 Å². The van der Waals surface area contributed by atoms with Gasteiger partial charge in [0.1, 0.15) is 0 Å². The van der Waals surface area contributed by atoms with Gasteiger partial charge in [-0.1, -0.05) is 38.0 Å². The number of benzene rings is 1. The van der Waals surface area contributed by atoms with Crippen LogP contribution < -0.4 is 10.2 Å². The fourth-order valence-electron chi connectivity index (χ4n) is 4.24. The summed E-state index contributed by atoms with van der Waals surface area (Å²) >= 11 is 0. The molecule has 2 aliphatic rings. The van der Waals surface area contributed by atoms with Crippen LogP contribution in [0.2, 0.25) is 0 Å². The maximum absolute atomic E-state index is 3.63. The highest BCUT2D eigenvalue weighted by molar-refractivity contribution is 5.54. The van der Waals surface area contributed by atoms with E-state index in [0.29, 0.717) is 5.41 Å². The van der Waals surface area contributed by atoms with Crippen LogP contribution in [0.1, 0.15) is 51.0 Å². The van der Waals surface area contributed by atoms with Crippen LogP contribution >= 0.6 is 0 Å². The summed E-state index contributed by atoms with van der Waals surface area (Å²) in [6.45, 7) is 7.01. The number of hydrogen-bond acceptors (Lipinski definition) is 2. The standard InChI is InChI=1S/C19H30N2/c1-2-20-15-19(12-6-7-13-19)16-21-14-8-5-10-17-9-3-4-11-18(17)21/h3-4,9,11,20H,2,5-8,10,12-16H2,1H3. The van der Waals surface area contributed by atoms with Crippen molar-refractivity contribution in [2.45, 2.75) is 51.9 Å². The third-order valence-electron chi connectivity index (χ3n) is 5.40. The van der Waals surface area contributed by atoms with Crippen LogP contribution in [0.5, 0.6) is 0 Å². The number of aryl methyl sites for hydroxylation is 1. The quantitative estimate of drug-likeness (QED) is 0.880. The van der Waals surface area contributed by atoms with Gasteiger partial charge in [-0.3, -0.25) is 0 Å². The Balaban J connectivity index is 1.79. The van der Waals surface area contributed by atoms with Crippen LogP contribution in [-0.2, 0) is 6.42 Å². The lowest BCUT2D eigenvalue weighted by Crippen LogP contribution is -2.43. The van der Waals surface area contributed by atoms with Crippen LogP contribution in [0.25, 0.3) is 0 Å². The van der Waals surface area contributed by atoms with E-state index >= 15 is 0 Å². The Hall–Kier alpha value is -1.02. The second-order valence-corrected chi connectivity index (χ2v) is 6.99. The molecule has 0 amide bonds. The Labute approximate surface area is 129 Å². The predicted molar refractivity (Wildman–Crippen MR) is 91.0 cm³/mol. The van der Waals surface area contributed by atoms with Crippen molar-refractivity contribution in [2.24, 2.45) is 5.41 Å². The first-order chi connectivity index (χ1) is 10.3. The van der Waals surface area contributed by atoms with Crippen molar-refractivity contribution >= 4 is 5.69 Å². The summed E-state index contributed by atoms with van der Waals surface area (Å²) in [5, 5.41) is 3.63. The number of rotatable bonds is 5. The molecule has 1 aliphatic carbocycles. The summed E-state index contributed by atoms with van der Waals surface area (Å²) in [5.74, 6) is 0. The second-order valence-electron chi connectivity index (χ2n) is 6.99. The predicted octanol–water partition coefficient (Wildman–Crippen LogP) is 4.00. The lowest BCUT2D eigenvalue weighted by atomic mass is 9.85. The first-order valence-electron chi connectivity index (χ1n) is 8.87.